The highest BCUT2D eigenvalue weighted by Gasteiger charge is 2.36. The molecule has 0 fully saturated rings. The molecule has 88 valence electrons. The summed E-state index contributed by atoms with van der Waals surface area (Å²) in [6, 6.07) is 6.17. The van der Waals surface area contributed by atoms with Crippen molar-refractivity contribution >= 4 is 15.9 Å². The van der Waals surface area contributed by atoms with E-state index in [0.717, 1.165) is 35.0 Å². The van der Waals surface area contributed by atoms with Crippen LogP contribution in [0, 0.1) is 0 Å². The minimum absolute atomic E-state index is 0.0692. The third-order valence-corrected chi connectivity index (χ3v) is 4.07. The van der Waals surface area contributed by atoms with Crippen LogP contribution in [0.25, 0.3) is 0 Å². The van der Waals surface area contributed by atoms with Crippen LogP contribution in [0.1, 0.15) is 44.7 Å². The van der Waals surface area contributed by atoms with Crippen LogP contribution < -0.4 is 10.5 Å². The Balaban J connectivity index is 2.40. The van der Waals surface area contributed by atoms with Crippen LogP contribution in [-0.4, -0.2) is 5.60 Å². The van der Waals surface area contributed by atoms with Crippen molar-refractivity contribution in [1.29, 1.82) is 0 Å². The van der Waals surface area contributed by atoms with Gasteiger partial charge in [-0.3, -0.25) is 0 Å². The van der Waals surface area contributed by atoms with Crippen LogP contribution in [0.5, 0.6) is 5.75 Å². The number of nitrogens with two attached hydrogens (primary N) is 1. The highest BCUT2D eigenvalue weighted by Crippen LogP contribution is 2.42. The molecule has 0 saturated heterocycles. The quantitative estimate of drug-likeness (QED) is 0.896. The molecule has 0 amide bonds. The highest BCUT2D eigenvalue weighted by molar-refractivity contribution is 9.10. The lowest BCUT2D eigenvalue weighted by molar-refractivity contribution is 0.0282. The van der Waals surface area contributed by atoms with Gasteiger partial charge in [0.15, 0.2) is 0 Å². The molecule has 1 aromatic carbocycles. The Morgan fingerprint density at radius 3 is 2.75 bits per heavy atom. The van der Waals surface area contributed by atoms with Crippen molar-refractivity contribution in [3.8, 4) is 5.75 Å². The molecule has 0 spiro atoms. The predicted octanol–water partition coefficient (Wildman–Crippen LogP) is 3.79. The molecule has 1 atom stereocenters. The van der Waals surface area contributed by atoms with Gasteiger partial charge in [-0.25, -0.2) is 0 Å². The van der Waals surface area contributed by atoms with Gasteiger partial charge in [0.2, 0.25) is 0 Å². The van der Waals surface area contributed by atoms with E-state index in [1.807, 2.05) is 12.1 Å². The fourth-order valence-electron chi connectivity index (χ4n) is 2.37. The zero-order valence-electron chi connectivity index (χ0n) is 9.79. The summed E-state index contributed by atoms with van der Waals surface area (Å²) in [5.41, 5.74) is 7.29. The summed E-state index contributed by atoms with van der Waals surface area (Å²) in [6.45, 7) is 4.33. The Morgan fingerprint density at radius 1 is 1.44 bits per heavy atom. The molecule has 16 heavy (non-hydrogen) atoms. The predicted molar refractivity (Wildman–Crippen MR) is 69.6 cm³/mol. The van der Waals surface area contributed by atoms with Crippen LogP contribution >= 0.6 is 15.9 Å². The molecule has 0 radical (unpaired) electrons. The van der Waals surface area contributed by atoms with Crippen LogP contribution in [0.15, 0.2) is 22.7 Å². The number of rotatable bonds is 2. The van der Waals surface area contributed by atoms with E-state index >= 15 is 0 Å². The SMILES string of the molecule is CCC1(CC)C[C@@H](N)c2cc(Br)ccc2O1. The van der Waals surface area contributed by atoms with Crippen LogP contribution in [-0.2, 0) is 0 Å². The molecule has 2 N–H and O–H groups in total. The zero-order chi connectivity index (χ0) is 11.8. The Hall–Kier alpha value is -0.540. The van der Waals surface area contributed by atoms with Gasteiger partial charge < -0.3 is 10.5 Å². The van der Waals surface area contributed by atoms with E-state index in [2.05, 4.69) is 35.8 Å². The second kappa shape index (κ2) is 4.38. The van der Waals surface area contributed by atoms with Gasteiger partial charge in [-0.15, -0.1) is 0 Å². The molecule has 0 unspecified atom stereocenters. The van der Waals surface area contributed by atoms with Gasteiger partial charge in [-0.1, -0.05) is 29.8 Å². The number of benzene rings is 1. The van der Waals surface area contributed by atoms with Gasteiger partial charge in [0.05, 0.1) is 0 Å². The summed E-state index contributed by atoms with van der Waals surface area (Å²) in [7, 11) is 0. The normalized spacial score (nSPS) is 22.4. The number of hydrogen-bond donors (Lipinski definition) is 1. The van der Waals surface area contributed by atoms with E-state index < -0.39 is 0 Å². The summed E-state index contributed by atoms with van der Waals surface area (Å²) in [4.78, 5) is 0. The van der Waals surface area contributed by atoms with Crippen molar-refractivity contribution < 1.29 is 4.74 Å². The van der Waals surface area contributed by atoms with E-state index in [-0.39, 0.29) is 11.6 Å². The lowest BCUT2D eigenvalue weighted by Crippen LogP contribution is -2.41. The summed E-state index contributed by atoms with van der Waals surface area (Å²) < 4.78 is 7.20. The van der Waals surface area contributed by atoms with Crippen molar-refractivity contribution in [2.75, 3.05) is 0 Å². The van der Waals surface area contributed by atoms with Crippen molar-refractivity contribution in [2.24, 2.45) is 5.73 Å². The van der Waals surface area contributed by atoms with Gasteiger partial charge in [0, 0.05) is 22.5 Å². The van der Waals surface area contributed by atoms with Gasteiger partial charge in [-0.05, 0) is 31.0 Å². The van der Waals surface area contributed by atoms with Crippen molar-refractivity contribution in [3.05, 3.63) is 28.2 Å². The molecule has 0 aliphatic carbocycles. The fourth-order valence-corrected chi connectivity index (χ4v) is 2.75. The minimum atomic E-state index is -0.0692. The Kier molecular flexibility index (Phi) is 3.27. The zero-order valence-corrected chi connectivity index (χ0v) is 11.4. The monoisotopic (exact) mass is 283 g/mol. The molecule has 1 aromatic rings. The van der Waals surface area contributed by atoms with Crippen molar-refractivity contribution in [2.45, 2.75) is 44.8 Å². The van der Waals surface area contributed by atoms with Crippen LogP contribution in [0.2, 0.25) is 0 Å². The molecule has 2 rings (SSSR count). The van der Waals surface area contributed by atoms with Gasteiger partial charge in [-0.2, -0.15) is 0 Å². The topological polar surface area (TPSA) is 35.2 Å². The standard InChI is InChI=1S/C13H18BrNO/c1-3-13(4-2)8-11(15)10-7-9(14)5-6-12(10)16-13/h5-7,11H,3-4,8,15H2,1-2H3/t11-/m1/s1. The number of hydrogen-bond acceptors (Lipinski definition) is 2. The molecular weight excluding hydrogens is 266 g/mol. The van der Waals surface area contributed by atoms with Crippen molar-refractivity contribution in [1.82, 2.24) is 0 Å². The van der Waals surface area contributed by atoms with Crippen molar-refractivity contribution in [3.63, 3.8) is 0 Å². The average molecular weight is 284 g/mol. The third-order valence-electron chi connectivity index (χ3n) is 3.58. The molecule has 0 bridgehead atoms. The lowest BCUT2D eigenvalue weighted by Gasteiger charge is -2.40. The smallest absolute Gasteiger partial charge is 0.124 e. The van der Waals surface area contributed by atoms with Crippen LogP contribution in [0.3, 0.4) is 0 Å². The first-order valence-electron chi connectivity index (χ1n) is 5.84. The second-order valence-electron chi connectivity index (χ2n) is 4.48. The Morgan fingerprint density at radius 2 is 2.12 bits per heavy atom. The number of halogens is 1. The maximum absolute atomic E-state index is 6.24. The largest absolute Gasteiger partial charge is 0.487 e. The summed E-state index contributed by atoms with van der Waals surface area (Å²) in [6.07, 6.45) is 2.92. The molecule has 3 heteroatoms. The molecule has 1 heterocycles. The molecule has 0 aromatic heterocycles. The summed E-state index contributed by atoms with van der Waals surface area (Å²) in [5, 5.41) is 0. The molecule has 1 aliphatic rings. The summed E-state index contributed by atoms with van der Waals surface area (Å²) >= 11 is 3.47. The number of fused-ring (bicyclic) bond motifs is 1. The first-order valence-corrected chi connectivity index (χ1v) is 6.63. The van der Waals surface area contributed by atoms with Gasteiger partial charge in [0.25, 0.3) is 0 Å². The lowest BCUT2D eigenvalue weighted by atomic mass is 9.84. The fraction of sp³-hybridized carbons (Fsp3) is 0.538. The Labute approximate surface area is 105 Å². The van der Waals surface area contributed by atoms with E-state index in [1.165, 1.54) is 0 Å². The van der Waals surface area contributed by atoms with Gasteiger partial charge in [0.1, 0.15) is 11.4 Å². The van der Waals surface area contributed by atoms with E-state index in [1.54, 1.807) is 0 Å². The van der Waals surface area contributed by atoms with E-state index in [4.69, 9.17) is 10.5 Å². The Bertz CT molecular complexity index is 388. The first-order chi connectivity index (χ1) is 7.60. The number of ether oxygens (including phenoxy) is 1. The summed E-state index contributed by atoms with van der Waals surface area (Å²) in [5.74, 6) is 0.950. The average Bonchev–Trinajstić information content (AvgIpc) is 2.30. The molecular formula is C13H18BrNO. The van der Waals surface area contributed by atoms with E-state index in [9.17, 15) is 0 Å². The maximum atomic E-state index is 6.24. The molecule has 2 nitrogen and oxygen atoms in total. The molecule has 1 aliphatic heterocycles. The minimum Gasteiger partial charge on any atom is -0.487 e. The van der Waals surface area contributed by atoms with E-state index in [0.29, 0.717) is 0 Å². The highest BCUT2D eigenvalue weighted by atomic mass is 79.9. The second-order valence-corrected chi connectivity index (χ2v) is 5.40. The maximum Gasteiger partial charge on any atom is 0.124 e. The van der Waals surface area contributed by atoms with Gasteiger partial charge >= 0.3 is 0 Å². The van der Waals surface area contributed by atoms with Crippen LogP contribution in [0.4, 0.5) is 0 Å². The first kappa shape index (κ1) is 11.9. The molecule has 0 saturated carbocycles. The third kappa shape index (κ3) is 1.98.